The van der Waals surface area contributed by atoms with Crippen molar-refractivity contribution < 1.29 is 14.3 Å². The predicted octanol–water partition coefficient (Wildman–Crippen LogP) is 2.64. The second-order valence-electron chi connectivity index (χ2n) is 4.37. The largest absolute Gasteiger partial charge is 0.477 e. The van der Waals surface area contributed by atoms with E-state index in [1.807, 2.05) is 6.92 Å². The van der Waals surface area contributed by atoms with Gasteiger partial charge in [-0.05, 0) is 24.6 Å². The van der Waals surface area contributed by atoms with Crippen LogP contribution in [0.3, 0.4) is 0 Å². The third-order valence-corrected chi connectivity index (χ3v) is 3.03. The van der Waals surface area contributed by atoms with E-state index < -0.39 is 17.2 Å². The number of aryl methyl sites for hydroxylation is 1. The van der Waals surface area contributed by atoms with Gasteiger partial charge in [0.05, 0.1) is 5.52 Å². The minimum absolute atomic E-state index is 0.0578. The van der Waals surface area contributed by atoms with Crippen LogP contribution in [0.2, 0.25) is 0 Å². The van der Waals surface area contributed by atoms with Crippen molar-refractivity contribution in [3.63, 3.8) is 0 Å². The standard InChI is InChI=1S/C14H14FNO3/c1-2-3-6-16-11-5-4-9(15)7-10(11)13(17)8-12(16)14(18)19/h4-5,7-8H,2-3,6H2,1H3,(H,18,19). The summed E-state index contributed by atoms with van der Waals surface area (Å²) < 4.78 is 14.8. The Morgan fingerprint density at radius 3 is 2.74 bits per heavy atom. The van der Waals surface area contributed by atoms with Crippen LogP contribution in [0.1, 0.15) is 30.3 Å². The van der Waals surface area contributed by atoms with Crippen molar-refractivity contribution in [2.75, 3.05) is 0 Å². The summed E-state index contributed by atoms with van der Waals surface area (Å²) in [6.07, 6.45) is 1.68. The van der Waals surface area contributed by atoms with Crippen LogP contribution >= 0.6 is 0 Å². The van der Waals surface area contributed by atoms with Crippen LogP contribution < -0.4 is 5.43 Å². The first-order valence-electron chi connectivity index (χ1n) is 6.11. The van der Waals surface area contributed by atoms with Gasteiger partial charge in [0.2, 0.25) is 0 Å². The number of pyridine rings is 1. The van der Waals surface area contributed by atoms with E-state index in [1.165, 1.54) is 12.1 Å². The normalized spacial score (nSPS) is 10.8. The maximum absolute atomic E-state index is 13.2. The molecule has 0 aliphatic carbocycles. The zero-order valence-electron chi connectivity index (χ0n) is 10.5. The highest BCUT2D eigenvalue weighted by molar-refractivity contribution is 5.90. The summed E-state index contributed by atoms with van der Waals surface area (Å²) in [5, 5.41) is 9.38. The lowest BCUT2D eigenvalue weighted by Gasteiger charge is -2.14. The monoisotopic (exact) mass is 263 g/mol. The molecule has 0 bridgehead atoms. The fourth-order valence-corrected chi connectivity index (χ4v) is 2.08. The lowest BCUT2D eigenvalue weighted by molar-refractivity contribution is 0.0684. The number of carboxylic acids is 1. The van der Waals surface area contributed by atoms with Crippen LogP contribution in [-0.4, -0.2) is 15.6 Å². The summed E-state index contributed by atoms with van der Waals surface area (Å²) >= 11 is 0. The Bertz CT molecular complexity index is 691. The van der Waals surface area contributed by atoms with E-state index in [4.69, 9.17) is 5.11 Å². The van der Waals surface area contributed by atoms with Crippen molar-refractivity contribution in [1.29, 1.82) is 0 Å². The van der Waals surface area contributed by atoms with Crippen LogP contribution in [0.5, 0.6) is 0 Å². The molecule has 0 saturated heterocycles. The Morgan fingerprint density at radius 2 is 2.11 bits per heavy atom. The van der Waals surface area contributed by atoms with Crippen molar-refractivity contribution in [1.82, 2.24) is 4.57 Å². The molecule has 1 heterocycles. The minimum Gasteiger partial charge on any atom is -0.477 e. The van der Waals surface area contributed by atoms with E-state index >= 15 is 0 Å². The van der Waals surface area contributed by atoms with Gasteiger partial charge in [-0.25, -0.2) is 9.18 Å². The second kappa shape index (κ2) is 5.22. The molecule has 0 aliphatic rings. The van der Waals surface area contributed by atoms with Crippen LogP contribution in [0.4, 0.5) is 4.39 Å². The van der Waals surface area contributed by atoms with Crippen LogP contribution in [-0.2, 0) is 6.54 Å². The van der Waals surface area contributed by atoms with Crippen molar-refractivity contribution in [3.8, 4) is 0 Å². The molecule has 1 aromatic heterocycles. The molecule has 0 aliphatic heterocycles. The predicted molar refractivity (Wildman–Crippen MR) is 70.0 cm³/mol. The maximum Gasteiger partial charge on any atom is 0.352 e. The van der Waals surface area contributed by atoms with Gasteiger partial charge in [0, 0.05) is 18.0 Å². The molecule has 100 valence electrons. The first-order chi connectivity index (χ1) is 9.04. The van der Waals surface area contributed by atoms with Crippen molar-refractivity contribution in [2.45, 2.75) is 26.3 Å². The molecule has 0 radical (unpaired) electrons. The van der Waals surface area contributed by atoms with Crippen LogP contribution in [0.15, 0.2) is 29.1 Å². The van der Waals surface area contributed by atoms with Gasteiger partial charge in [-0.2, -0.15) is 0 Å². The SMILES string of the molecule is CCCCn1c(C(=O)O)cc(=O)c2cc(F)ccc21. The Kier molecular flexibility index (Phi) is 3.64. The summed E-state index contributed by atoms with van der Waals surface area (Å²) in [5.74, 6) is -1.66. The number of halogens is 1. The summed E-state index contributed by atoms with van der Waals surface area (Å²) in [4.78, 5) is 23.1. The number of nitrogens with zero attached hydrogens (tertiary/aromatic N) is 1. The summed E-state index contributed by atoms with van der Waals surface area (Å²) in [6, 6.07) is 4.88. The molecule has 0 amide bonds. The maximum atomic E-state index is 13.2. The van der Waals surface area contributed by atoms with E-state index in [-0.39, 0.29) is 11.1 Å². The molecule has 0 atom stereocenters. The average Bonchev–Trinajstić information content (AvgIpc) is 2.37. The second-order valence-corrected chi connectivity index (χ2v) is 4.37. The van der Waals surface area contributed by atoms with Gasteiger partial charge in [0.15, 0.2) is 5.43 Å². The molecule has 0 unspecified atom stereocenters. The summed E-state index contributed by atoms with van der Waals surface area (Å²) in [6.45, 7) is 2.48. The molecule has 1 N–H and O–H groups in total. The Morgan fingerprint density at radius 1 is 1.37 bits per heavy atom. The van der Waals surface area contributed by atoms with Gasteiger partial charge in [-0.3, -0.25) is 4.79 Å². The fourth-order valence-electron chi connectivity index (χ4n) is 2.08. The summed E-state index contributed by atoms with van der Waals surface area (Å²) in [7, 11) is 0. The molecule has 0 saturated carbocycles. The number of fused-ring (bicyclic) bond motifs is 1. The zero-order valence-corrected chi connectivity index (χ0v) is 10.5. The number of unbranched alkanes of at least 4 members (excludes halogenated alkanes) is 1. The third-order valence-electron chi connectivity index (χ3n) is 3.03. The molecule has 5 heteroatoms. The van der Waals surface area contributed by atoms with E-state index in [0.717, 1.165) is 25.0 Å². The van der Waals surface area contributed by atoms with Gasteiger partial charge in [0.25, 0.3) is 0 Å². The van der Waals surface area contributed by atoms with Crippen LogP contribution in [0.25, 0.3) is 10.9 Å². The Labute approximate surface area is 109 Å². The average molecular weight is 263 g/mol. The minimum atomic E-state index is -1.15. The molecular weight excluding hydrogens is 249 g/mol. The number of carbonyl (C=O) groups is 1. The lowest BCUT2D eigenvalue weighted by atomic mass is 10.1. The van der Waals surface area contributed by atoms with Gasteiger partial charge < -0.3 is 9.67 Å². The van der Waals surface area contributed by atoms with Crippen molar-refractivity contribution in [3.05, 3.63) is 46.0 Å². The van der Waals surface area contributed by atoms with E-state index in [0.29, 0.717) is 12.1 Å². The molecule has 2 rings (SSSR count). The number of hydrogen-bond donors (Lipinski definition) is 1. The Hall–Kier alpha value is -2.17. The first kappa shape index (κ1) is 13.3. The van der Waals surface area contributed by atoms with E-state index in [1.54, 1.807) is 4.57 Å². The summed E-state index contributed by atoms with van der Waals surface area (Å²) in [5.41, 5.74) is -0.0723. The van der Waals surface area contributed by atoms with Gasteiger partial charge in [-0.1, -0.05) is 13.3 Å². The Balaban J connectivity index is 2.78. The highest BCUT2D eigenvalue weighted by Crippen LogP contribution is 2.16. The topological polar surface area (TPSA) is 59.3 Å². The van der Waals surface area contributed by atoms with Crippen molar-refractivity contribution in [2.24, 2.45) is 0 Å². The molecule has 2 aromatic rings. The van der Waals surface area contributed by atoms with Gasteiger partial charge in [-0.15, -0.1) is 0 Å². The molecular formula is C14H14FNO3. The van der Waals surface area contributed by atoms with Crippen LogP contribution in [0, 0.1) is 5.82 Å². The molecule has 0 spiro atoms. The van der Waals surface area contributed by atoms with Gasteiger partial charge in [0.1, 0.15) is 11.5 Å². The number of hydrogen-bond acceptors (Lipinski definition) is 2. The number of benzene rings is 1. The van der Waals surface area contributed by atoms with E-state index in [2.05, 4.69) is 0 Å². The number of carboxylic acid groups (broad SMARTS) is 1. The molecule has 19 heavy (non-hydrogen) atoms. The number of aromatic nitrogens is 1. The molecule has 4 nitrogen and oxygen atoms in total. The first-order valence-corrected chi connectivity index (χ1v) is 6.11. The smallest absolute Gasteiger partial charge is 0.352 e. The molecule has 0 fully saturated rings. The quantitative estimate of drug-likeness (QED) is 0.922. The highest BCUT2D eigenvalue weighted by atomic mass is 19.1. The third kappa shape index (κ3) is 2.50. The van der Waals surface area contributed by atoms with Crippen molar-refractivity contribution >= 4 is 16.9 Å². The molecule has 1 aromatic carbocycles. The fraction of sp³-hybridized carbons (Fsp3) is 0.286. The van der Waals surface area contributed by atoms with E-state index in [9.17, 15) is 14.0 Å². The zero-order chi connectivity index (χ0) is 14.0. The lowest BCUT2D eigenvalue weighted by Crippen LogP contribution is -2.18. The number of rotatable bonds is 4. The number of aromatic carboxylic acids is 1. The highest BCUT2D eigenvalue weighted by Gasteiger charge is 2.14. The van der Waals surface area contributed by atoms with Gasteiger partial charge >= 0.3 is 5.97 Å².